The third-order valence-electron chi connectivity index (χ3n) is 4.49. The number of carbonyl (C=O) groups excluding carboxylic acids is 1. The van der Waals surface area contributed by atoms with E-state index in [1.165, 1.54) is 55.7 Å². The van der Waals surface area contributed by atoms with Crippen LogP contribution in [0.3, 0.4) is 0 Å². The first kappa shape index (κ1) is 22.9. The van der Waals surface area contributed by atoms with Crippen molar-refractivity contribution in [2.24, 2.45) is 0 Å². The first-order valence-electron chi connectivity index (χ1n) is 8.61. The van der Waals surface area contributed by atoms with Gasteiger partial charge < -0.3 is 10.1 Å². The number of hydrogen-bond acceptors (Lipinski definition) is 6. The molecule has 0 aliphatic rings. The van der Waals surface area contributed by atoms with Gasteiger partial charge in [-0.15, -0.1) is 0 Å². The lowest BCUT2D eigenvalue weighted by molar-refractivity contribution is -0.114. The van der Waals surface area contributed by atoms with Crippen LogP contribution in [0.25, 0.3) is 0 Å². The van der Waals surface area contributed by atoms with E-state index in [1.54, 1.807) is 19.1 Å². The molecule has 2 aromatic rings. The minimum Gasteiger partial charge on any atom is -0.495 e. The molecule has 2 rings (SSSR count). The number of nitrogens with one attached hydrogen (secondary N) is 1. The van der Waals surface area contributed by atoms with Crippen LogP contribution in [0.1, 0.15) is 25.5 Å². The number of ether oxygens (including phenoxy) is 1. The van der Waals surface area contributed by atoms with E-state index in [9.17, 15) is 21.6 Å². The molecular weight excluding hydrogens is 416 g/mol. The monoisotopic (exact) mass is 440 g/mol. The van der Waals surface area contributed by atoms with Crippen LogP contribution in [0.15, 0.2) is 52.3 Å². The molecular formula is C19H24N2O6S2. The van der Waals surface area contributed by atoms with Crippen molar-refractivity contribution in [2.45, 2.75) is 29.7 Å². The maximum Gasteiger partial charge on any atom is 0.243 e. The molecule has 8 nitrogen and oxygen atoms in total. The molecule has 29 heavy (non-hydrogen) atoms. The second kappa shape index (κ2) is 8.52. The summed E-state index contributed by atoms with van der Waals surface area (Å²) in [5.74, 6) is -0.0169. The van der Waals surface area contributed by atoms with Gasteiger partial charge in [0.2, 0.25) is 15.9 Å². The van der Waals surface area contributed by atoms with Gasteiger partial charge in [-0.2, -0.15) is 4.31 Å². The van der Waals surface area contributed by atoms with Gasteiger partial charge in [0.05, 0.1) is 22.6 Å². The Hall–Kier alpha value is -2.43. The van der Waals surface area contributed by atoms with Crippen molar-refractivity contribution in [2.75, 3.05) is 25.7 Å². The van der Waals surface area contributed by atoms with Crippen LogP contribution in [0.5, 0.6) is 5.75 Å². The molecule has 0 aliphatic heterocycles. The Morgan fingerprint density at radius 3 is 2.07 bits per heavy atom. The quantitative estimate of drug-likeness (QED) is 0.708. The van der Waals surface area contributed by atoms with Crippen LogP contribution in [0.2, 0.25) is 0 Å². The summed E-state index contributed by atoms with van der Waals surface area (Å²) in [5.41, 5.74) is 0.888. The third-order valence-corrected chi connectivity index (χ3v) is 7.55. The minimum absolute atomic E-state index is 0.0100. The van der Waals surface area contributed by atoms with Crippen LogP contribution < -0.4 is 10.1 Å². The molecule has 0 fully saturated rings. The molecule has 2 aromatic carbocycles. The van der Waals surface area contributed by atoms with Crippen molar-refractivity contribution < 1.29 is 26.4 Å². The largest absolute Gasteiger partial charge is 0.495 e. The Bertz CT molecular complexity index is 1110. The number of methoxy groups -OCH3 is 1. The molecule has 1 amide bonds. The highest BCUT2D eigenvalue weighted by Crippen LogP contribution is 2.31. The minimum atomic E-state index is -3.90. The van der Waals surface area contributed by atoms with Crippen LogP contribution >= 0.6 is 0 Å². The topological polar surface area (TPSA) is 110 Å². The van der Waals surface area contributed by atoms with E-state index in [2.05, 4.69) is 5.32 Å². The van der Waals surface area contributed by atoms with Crippen LogP contribution in [-0.4, -0.2) is 47.5 Å². The smallest absolute Gasteiger partial charge is 0.243 e. The molecule has 0 spiro atoms. The normalized spacial score (nSPS) is 13.2. The first-order chi connectivity index (χ1) is 13.4. The summed E-state index contributed by atoms with van der Waals surface area (Å²) < 4.78 is 55.7. The van der Waals surface area contributed by atoms with E-state index in [4.69, 9.17) is 4.74 Å². The molecule has 10 heteroatoms. The van der Waals surface area contributed by atoms with Gasteiger partial charge in [0, 0.05) is 26.3 Å². The summed E-state index contributed by atoms with van der Waals surface area (Å²) in [7, 11) is -4.38. The fourth-order valence-electron chi connectivity index (χ4n) is 2.71. The molecule has 0 radical (unpaired) electrons. The second-order valence-electron chi connectivity index (χ2n) is 6.58. The molecule has 0 saturated carbocycles. The summed E-state index contributed by atoms with van der Waals surface area (Å²) in [6.45, 7) is 3.01. The number of rotatable bonds is 7. The van der Waals surface area contributed by atoms with Gasteiger partial charge >= 0.3 is 0 Å². The lowest BCUT2D eigenvalue weighted by Gasteiger charge is -2.25. The Balaban J connectivity index is 2.38. The van der Waals surface area contributed by atoms with Gasteiger partial charge in [0.25, 0.3) is 0 Å². The highest BCUT2D eigenvalue weighted by atomic mass is 32.2. The van der Waals surface area contributed by atoms with Crippen molar-refractivity contribution in [3.05, 3.63) is 48.0 Å². The second-order valence-corrected chi connectivity index (χ2v) is 10.6. The van der Waals surface area contributed by atoms with Gasteiger partial charge in [0.1, 0.15) is 5.75 Å². The average Bonchev–Trinajstić information content (AvgIpc) is 2.65. The van der Waals surface area contributed by atoms with Gasteiger partial charge in [-0.25, -0.2) is 16.8 Å². The molecule has 158 valence electrons. The van der Waals surface area contributed by atoms with E-state index < -0.39 is 25.9 Å². The van der Waals surface area contributed by atoms with Gasteiger partial charge in [0.15, 0.2) is 9.84 Å². The summed E-state index contributed by atoms with van der Waals surface area (Å²) in [6.07, 6.45) is 1.11. The lowest BCUT2D eigenvalue weighted by atomic mass is 10.1. The number of carbonyl (C=O) groups is 1. The van der Waals surface area contributed by atoms with E-state index in [1.807, 2.05) is 0 Å². The van der Waals surface area contributed by atoms with Gasteiger partial charge in [-0.05, 0) is 42.8 Å². The Labute approximate surface area is 171 Å². The van der Waals surface area contributed by atoms with E-state index >= 15 is 0 Å². The zero-order valence-corrected chi connectivity index (χ0v) is 18.5. The molecule has 1 N–H and O–H groups in total. The van der Waals surface area contributed by atoms with Crippen molar-refractivity contribution in [1.29, 1.82) is 0 Å². The maximum atomic E-state index is 13.1. The number of amides is 1. The molecule has 0 saturated heterocycles. The van der Waals surface area contributed by atoms with Crippen molar-refractivity contribution in [3.8, 4) is 5.75 Å². The summed E-state index contributed by atoms with van der Waals surface area (Å²) in [4.78, 5) is 11.5. The number of hydrogen-bond donors (Lipinski definition) is 1. The van der Waals surface area contributed by atoms with E-state index in [0.29, 0.717) is 11.3 Å². The molecule has 0 aromatic heterocycles. The Kier molecular flexibility index (Phi) is 6.71. The summed E-state index contributed by atoms with van der Waals surface area (Å²) >= 11 is 0. The van der Waals surface area contributed by atoms with Crippen molar-refractivity contribution in [3.63, 3.8) is 0 Å². The Morgan fingerprint density at radius 1 is 1.03 bits per heavy atom. The number of anilines is 1. The molecule has 0 heterocycles. The average molecular weight is 441 g/mol. The van der Waals surface area contributed by atoms with Crippen LogP contribution in [0.4, 0.5) is 5.69 Å². The maximum absolute atomic E-state index is 13.1. The number of sulfone groups is 1. The first-order valence-corrected chi connectivity index (χ1v) is 11.9. The summed E-state index contributed by atoms with van der Waals surface area (Å²) in [6, 6.07) is 9.72. The third kappa shape index (κ3) is 5.14. The predicted octanol–water partition coefficient (Wildman–Crippen LogP) is 2.44. The number of benzene rings is 2. The highest BCUT2D eigenvalue weighted by molar-refractivity contribution is 7.90. The van der Waals surface area contributed by atoms with E-state index in [-0.39, 0.29) is 21.4 Å². The van der Waals surface area contributed by atoms with Crippen molar-refractivity contribution >= 4 is 31.5 Å². The molecule has 1 unspecified atom stereocenters. The molecule has 0 bridgehead atoms. The van der Waals surface area contributed by atoms with Gasteiger partial charge in [-0.3, -0.25) is 4.79 Å². The molecule has 0 aliphatic carbocycles. The van der Waals surface area contributed by atoms with Crippen molar-refractivity contribution in [1.82, 2.24) is 4.31 Å². The lowest BCUT2D eigenvalue weighted by Crippen LogP contribution is -2.30. The Morgan fingerprint density at radius 2 is 1.59 bits per heavy atom. The summed E-state index contributed by atoms with van der Waals surface area (Å²) in [5, 5.41) is 2.55. The zero-order chi connectivity index (χ0) is 22.0. The predicted molar refractivity (Wildman–Crippen MR) is 110 cm³/mol. The standard InChI is InChI=1S/C19H24N2O6S2/c1-13(15-6-8-16(9-7-15)28(5,23)24)21(3)29(25,26)17-10-11-19(27-4)18(12-17)20-14(2)22/h6-13H,1-5H3,(H,20,22). The fourth-order valence-corrected chi connectivity index (χ4v) is 4.72. The van der Waals surface area contributed by atoms with E-state index in [0.717, 1.165) is 6.26 Å². The fraction of sp³-hybridized carbons (Fsp3) is 0.316. The van der Waals surface area contributed by atoms with Crippen LogP contribution in [-0.2, 0) is 24.7 Å². The number of nitrogens with zero attached hydrogens (tertiary/aromatic N) is 1. The zero-order valence-electron chi connectivity index (χ0n) is 16.8. The number of sulfonamides is 1. The van der Waals surface area contributed by atoms with Crippen LogP contribution in [0, 0.1) is 0 Å². The molecule has 1 atom stereocenters. The van der Waals surface area contributed by atoms with Gasteiger partial charge in [-0.1, -0.05) is 12.1 Å². The highest BCUT2D eigenvalue weighted by Gasteiger charge is 2.27. The SMILES string of the molecule is COc1ccc(S(=O)(=O)N(C)C(C)c2ccc(S(C)(=O)=O)cc2)cc1NC(C)=O.